The first-order valence-corrected chi connectivity index (χ1v) is 12.6. The number of hydrogen-bond acceptors (Lipinski definition) is 5. The van der Waals surface area contributed by atoms with Gasteiger partial charge in [-0.25, -0.2) is 22.0 Å². The van der Waals surface area contributed by atoms with E-state index in [4.69, 9.17) is 11.6 Å². The number of nitrogens with zero attached hydrogens (tertiary/aromatic N) is 1. The van der Waals surface area contributed by atoms with Crippen LogP contribution in [0.5, 0.6) is 5.75 Å². The van der Waals surface area contributed by atoms with Crippen molar-refractivity contribution in [1.29, 1.82) is 0 Å². The summed E-state index contributed by atoms with van der Waals surface area (Å²) in [5.74, 6) is -4.21. The predicted octanol–water partition coefficient (Wildman–Crippen LogP) is 4.76. The summed E-state index contributed by atoms with van der Waals surface area (Å²) >= 11 is 5.87. The van der Waals surface area contributed by atoms with Crippen molar-refractivity contribution in [1.82, 2.24) is 5.32 Å². The van der Waals surface area contributed by atoms with E-state index in [2.05, 4.69) is 11.9 Å². The average molecular weight is 535 g/mol. The largest absolute Gasteiger partial charge is 0.505 e. The van der Waals surface area contributed by atoms with Crippen LogP contribution < -0.4 is 9.62 Å². The molecule has 36 heavy (non-hydrogen) atoms. The second-order valence-corrected chi connectivity index (χ2v) is 10.4. The second-order valence-electron chi connectivity index (χ2n) is 8.20. The SMILES string of the molecule is C=CCN(c1cc(-c2cccc(C3CNC3)c2)c(F)cc1F)S(=O)(=O)c1cc(C(=O)O)cc(Cl)c1O. The van der Waals surface area contributed by atoms with Crippen LogP contribution in [-0.4, -0.2) is 44.2 Å². The molecule has 0 saturated carbocycles. The smallest absolute Gasteiger partial charge is 0.335 e. The Kier molecular flexibility index (Phi) is 7.03. The van der Waals surface area contributed by atoms with Crippen LogP contribution in [0.25, 0.3) is 11.1 Å². The second kappa shape index (κ2) is 9.88. The molecule has 1 aliphatic rings. The summed E-state index contributed by atoms with van der Waals surface area (Å²) in [6.45, 7) is 4.58. The van der Waals surface area contributed by atoms with E-state index in [0.717, 1.165) is 30.8 Å². The van der Waals surface area contributed by atoms with Gasteiger partial charge in [-0.05, 0) is 29.3 Å². The first kappa shape index (κ1) is 25.6. The van der Waals surface area contributed by atoms with Crippen molar-refractivity contribution in [3.05, 3.63) is 89.0 Å². The molecule has 0 atom stereocenters. The van der Waals surface area contributed by atoms with Gasteiger partial charge in [-0.2, -0.15) is 0 Å². The van der Waals surface area contributed by atoms with E-state index in [9.17, 15) is 27.8 Å². The van der Waals surface area contributed by atoms with Gasteiger partial charge in [0.25, 0.3) is 10.0 Å². The number of carboxylic acids is 1. The molecule has 3 aromatic rings. The average Bonchev–Trinajstić information content (AvgIpc) is 2.78. The van der Waals surface area contributed by atoms with Gasteiger partial charge < -0.3 is 15.5 Å². The highest BCUT2D eigenvalue weighted by molar-refractivity contribution is 7.93. The van der Waals surface area contributed by atoms with Crippen molar-refractivity contribution in [3.63, 3.8) is 0 Å². The molecule has 4 rings (SSSR count). The number of nitrogens with one attached hydrogen (secondary N) is 1. The number of phenols is 1. The highest BCUT2D eigenvalue weighted by atomic mass is 35.5. The molecule has 1 heterocycles. The van der Waals surface area contributed by atoms with Crippen molar-refractivity contribution in [2.75, 3.05) is 23.9 Å². The third kappa shape index (κ3) is 4.67. The fourth-order valence-corrected chi connectivity index (χ4v) is 5.73. The summed E-state index contributed by atoms with van der Waals surface area (Å²) in [4.78, 5) is 10.6. The lowest BCUT2D eigenvalue weighted by Crippen LogP contribution is -2.39. The number of rotatable bonds is 8. The van der Waals surface area contributed by atoms with Crippen molar-refractivity contribution in [3.8, 4) is 16.9 Å². The third-order valence-electron chi connectivity index (χ3n) is 5.89. The summed E-state index contributed by atoms with van der Waals surface area (Å²) in [5, 5.41) is 22.3. The van der Waals surface area contributed by atoms with Crippen LogP contribution in [0.15, 0.2) is 66.1 Å². The van der Waals surface area contributed by atoms with Crippen LogP contribution >= 0.6 is 11.6 Å². The number of aromatic carboxylic acids is 1. The van der Waals surface area contributed by atoms with Crippen LogP contribution in [-0.2, 0) is 10.0 Å². The van der Waals surface area contributed by atoms with Crippen molar-refractivity contribution >= 4 is 33.3 Å². The maximum Gasteiger partial charge on any atom is 0.335 e. The van der Waals surface area contributed by atoms with Gasteiger partial charge in [0, 0.05) is 30.6 Å². The number of phenolic OH excluding ortho intramolecular Hbond substituents is 1. The Hall–Kier alpha value is -3.47. The van der Waals surface area contributed by atoms with Crippen LogP contribution in [0.4, 0.5) is 14.5 Å². The molecule has 0 radical (unpaired) electrons. The first-order chi connectivity index (χ1) is 17.0. The maximum atomic E-state index is 15.1. The number of hydrogen-bond donors (Lipinski definition) is 3. The Morgan fingerprint density at radius 2 is 1.89 bits per heavy atom. The molecule has 0 aromatic heterocycles. The van der Waals surface area contributed by atoms with Gasteiger partial charge in [0.15, 0.2) is 5.75 Å². The number of carboxylic acid groups (broad SMARTS) is 1. The highest BCUT2D eigenvalue weighted by Gasteiger charge is 2.32. The van der Waals surface area contributed by atoms with Gasteiger partial charge in [-0.1, -0.05) is 41.9 Å². The number of anilines is 1. The maximum absolute atomic E-state index is 15.1. The molecule has 0 aliphatic carbocycles. The van der Waals surface area contributed by atoms with Crippen molar-refractivity contribution in [2.24, 2.45) is 0 Å². The number of halogens is 3. The van der Waals surface area contributed by atoms with E-state index in [1.807, 2.05) is 6.07 Å². The standard InChI is InChI=1S/C25H21ClF2N2O5S/c1-2-6-30(36(34,35)23-9-16(25(32)33)8-19(26)24(23)31)22-10-18(20(27)11-21(22)28)15-5-3-4-14(7-15)17-12-29-13-17/h2-5,7-11,17,29,31H,1,6,12-13H2,(H,32,33). The molecule has 7 nitrogen and oxygen atoms in total. The van der Waals surface area contributed by atoms with E-state index >= 15 is 4.39 Å². The van der Waals surface area contributed by atoms with Gasteiger partial charge in [0.2, 0.25) is 0 Å². The Morgan fingerprint density at radius 3 is 2.50 bits per heavy atom. The molecule has 1 saturated heterocycles. The lowest BCUT2D eigenvalue weighted by atomic mass is 9.91. The molecule has 0 amide bonds. The quantitative estimate of drug-likeness (QED) is 0.360. The summed E-state index contributed by atoms with van der Waals surface area (Å²) in [5.41, 5.74) is 0.326. The van der Waals surface area contributed by atoms with Crippen molar-refractivity contribution < 1.29 is 32.2 Å². The molecular formula is C25H21ClF2N2O5S. The molecular weight excluding hydrogens is 514 g/mol. The Morgan fingerprint density at radius 1 is 1.17 bits per heavy atom. The molecule has 0 unspecified atom stereocenters. The Balaban J connectivity index is 1.87. The molecule has 0 bridgehead atoms. The van der Waals surface area contributed by atoms with E-state index in [1.54, 1.807) is 18.2 Å². The number of sulfonamides is 1. The molecule has 1 aliphatic heterocycles. The Bertz CT molecular complexity index is 1480. The molecule has 1 fully saturated rings. The van der Waals surface area contributed by atoms with Gasteiger partial charge in [0.05, 0.1) is 22.8 Å². The summed E-state index contributed by atoms with van der Waals surface area (Å²) in [6.07, 6.45) is 1.17. The minimum Gasteiger partial charge on any atom is -0.505 e. The molecule has 3 aromatic carbocycles. The van der Waals surface area contributed by atoms with Gasteiger partial charge >= 0.3 is 5.97 Å². The van der Waals surface area contributed by atoms with E-state index in [1.165, 1.54) is 6.08 Å². The fourth-order valence-electron chi connectivity index (χ4n) is 3.89. The van der Waals surface area contributed by atoms with Crippen LogP contribution in [0.2, 0.25) is 5.02 Å². The van der Waals surface area contributed by atoms with Crippen LogP contribution in [0, 0.1) is 11.6 Å². The van der Waals surface area contributed by atoms with E-state index in [0.29, 0.717) is 22.0 Å². The first-order valence-electron chi connectivity index (χ1n) is 10.7. The lowest BCUT2D eigenvalue weighted by molar-refractivity contribution is 0.0696. The number of carbonyl (C=O) groups is 1. The topological polar surface area (TPSA) is 107 Å². The third-order valence-corrected chi connectivity index (χ3v) is 7.98. The number of benzene rings is 3. The normalized spacial score (nSPS) is 13.8. The zero-order valence-corrected chi connectivity index (χ0v) is 20.3. The molecule has 188 valence electrons. The zero-order valence-electron chi connectivity index (χ0n) is 18.7. The monoisotopic (exact) mass is 534 g/mol. The lowest BCUT2D eigenvalue weighted by Gasteiger charge is -2.28. The van der Waals surface area contributed by atoms with Crippen LogP contribution in [0.3, 0.4) is 0 Å². The minimum absolute atomic E-state index is 0.0358. The van der Waals surface area contributed by atoms with Gasteiger partial charge in [-0.3, -0.25) is 4.31 Å². The van der Waals surface area contributed by atoms with Gasteiger partial charge in [0.1, 0.15) is 16.5 Å². The highest BCUT2D eigenvalue weighted by Crippen LogP contribution is 2.38. The predicted molar refractivity (Wildman–Crippen MR) is 132 cm³/mol. The summed E-state index contributed by atoms with van der Waals surface area (Å²) < 4.78 is 57.6. The van der Waals surface area contributed by atoms with E-state index < -0.39 is 61.1 Å². The van der Waals surface area contributed by atoms with E-state index in [-0.39, 0.29) is 11.5 Å². The number of aromatic hydroxyl groups is 1. The molecule has 0 spiro atoms. The summed E-state index contributed by atoms with van der Waals surface area (Å²) in [7, 11) is -4.78. The molecule has 3 N–H and O–H groups in total. The zero-order chi connectivity index (χ0) is 26.2. The van der Waals surface area contributed by atoms with Crippen LogP contribution in [0.1, 0.15) is 21.8 Å². The van der Waals surface area contributed by atoms with Gasteiger partial charge in [-0.15, -0.1) is 6.58 Å². The minimum atomic E-state index is -4.78. The Labute approximate surface area is 211 Å². The molecule has 11 heteroatoms. The fraction of sp³-hybridized carbons (Fsp3) is 0.160. The van der Waals surface area contributed by atoms with Crippen molar-refractivity contribution in [2.45, 2.75) is 10.8 Å². The summed E-state index contributed by atoms with van der Waals surface area (Å²) in [6, 6.07) is 10.3.